The van der Waals surface area contributed by atoms with Gasteiger partial charge >= 0.3 is 0 Å². The fourth-order valence-electron chi connectivity index (χ4n) is 1.99. The molecule has 112 valence electrons. The van der Waals surface area contributed by atoms with Crippen molar-refractivity contribution in [3.05, 3.63) is 48.0 Å². The monoisotopic (exact) mass is 306 g/mol. The fraction of sp³-hybridized carbons (Fsp3) is 0.200. The Morgan fingerprint density at radius 2 is 1.86 bits per heavy atom. The predicted molar refractivity (Wildman–Crippen MR) is 84.2 cm³/mol. The quantitative estimate of drug-likeness (QED) is 0.880. The average Bonchev–Trinajstić information content (AvgIpc) is 2.46. The number of ether oxygens (including phenoxy) is 1. The first kappa shape index (κ1) is 15.2. The molecule has 0 unspecified atom stereocenters. The number of methoxy groups -OCH3 is 1. The first-order valence-corrected chi connectivity index (χ1v) is 7.79. The van der Waals surface area contributed by atoms with E-state index < -0.39 is 10.0 Å². The van der Waals surface area contributed by atoms with Crippen molar-refractivity contribution >= 4 is 21.4 Å². The van der Waals surface area contributed by atoms with Crippen molar-refractivity contribution in [3.63, 3.8) is 0 Å². The smallest absolute Gasteiger partial charge is 0.264 e. The summed E-state index contributed by atoms with van der Waals surface area (Å²) in [7, 11) is -0.603. The number of rotatable bonds is 4. The number of nitrogen functional groups attached to an aromatic ring is 1. The summed E-state index contributed by atoms with van der Waals surface area (Å²) in [6.45, 7) is 1.85. The largest absolute Gasteiger partial charge is 0.495 e. The Bertz CT molecular complexity index is 757. The molecule has 0 saturated carbocycles. The molecule has 0 fully saturated rings. The molecule has 6 heteroatoms. The van der Waals surface area contributed by atoms with Gasteiger partial charge in [-0.05, 0) is 42.8 Å². The Balaban J connectivity index is 2.43. The molecular formula is C15H18N2O3S. The van der Waals surface area contributed by atoms with E-state index in [1.165, 1.54) is 18.5 Å². The third-order valence-electron chi connectivity index (χ3n) is 3.22. The van der Waals surface area contributed by atoms with Gasteiger partial charge in [-0.15, -0.1) is 0 Å². The van der Waals surface area contributed by atoms with Gasteiger partial charge in [-0.2, -0.15) is 0 Å². The van der Waals surface area contributed by atoms with Crippen LogP contribution in [0.1, 0.15) is 5.56 Å². The van der Waals surface area contributed by atoms with Gasteiger partial charge in [-0.1, -0.05) is 12.1 Å². The highest BCUT2D eigenvalue weighted by Gasteiger charge is 2.21. The van der Waals surface area contributed by atoms with E-state index in [1.54, 1.807) is 36.4 Å². The van der Waals surface area contributed by atoms with Gasteiger partial charge in [0, 0.05) is 7.05 Å². The van der Waals surface area contributed by atoms with Gasteiger partial charge in [0.1, 0.15) is 5.75 Å². The number of nitrogens with zero attached hydrogens (tertiary/aromatic N) is 1. The Labute approximate surface area is 125 Å². The molecule has 2 N–H and O–H groups in total. The van der Waals surface area contributed by atoms with Crippen LogP contribution < -0.4 is 14.8 Å². The second kappa shape index (κ2) is 5.65. The summed E-state index contributed by atoms with van der Waals surface area (Å²) < 4.78 is 31.5. The van der Waals surface area contributed by atoms with Crippen LogP contribution in [0.15, 0.2) is 47.4 Å². The predicted octanol–water partition coefficient (Wildman–Crippen LogP) is 2.41. The summed E-state index contributed by atoms with van der Waals surface area (Å²) in [4.78, 5) is 0.249. The summed E-state index contributed by atoms with van der Waals surface area (Å²) in [6.07, 6.45) is 0. The Hall–Kier alpha value is -2.21. The topological polar surface area (TPSA) is 72.6 Å². The van der Waals surface area contributed by atoms with Gasteiger partial charge in [0.15, 0.2) is 0 Å². The van der Waals surface area contributed by atoms with Crippen LogP contribution in [-0.2, 0) is 10.0 Å². The van der Waals surface area contributed by atoms with E-state index in [9.17, 15) is 8.42 Å². The van der Waals surface area contributed by atoms with Crippen LogP contribution in [0.25, 0.3) is 0 Å². The molecule has 21 heavy (non-hydrogen) atoms. The minimum atomic E-state index is -3.61. The lowest BCUT2D eigenvalue weighted by Gasteiger charge is -2.20. The van der Waals surface area contributed by atoms with Crippen LogP contribution in [0.4, 0.5) is 11.4 Å². The van der Waals surface area contributed by atoms with Gasteiger partial charge < -0.3 is 10.5 Å². The molecule has 0 spiro atoms. The zero-order valence-corrected chi connectivity index (χ0v) is 13.0. The lowest BCUT2D eigenvalue weighted by Crippen LogP contribution is -2.26. The van der Waals surface area contributed by atoms with Crippen LogP contribution in [0, 0.1) is 6.92 Å². The van der Waals surface area contributed by atoms with Crippen molar-refractivity contribution in [3.8, 4) is 5.75 Å². The molecule has 0 bridgehead atoms. The molecule has 0 amide bonds. The number of hydrogen-bond acceptors (Lipinski definition) is 4. The van der Waals surface area contributed by atoms with E-state index in [-0.39, 0.29) is 4.90 Å². The maximum Gasteiger partial charge on any atom is 0.264 e. The lowest BCUT2D eigenvalue weighted by atomic mass is 10.2. The van der Waals surface area contributed by atoms with Gasteiger partial charge in [-0.3, -0.25) is 4.31 Å². The second-order valence-corrected chi connectivity index (χ2v) is 6.68. The third-order valence-corrected chi connectivity index (χ3v) is 5.01. The van der Waals surface area contributed by atoms with Gasteiger partial charge in [-0.25, -0.2) is 8.42 Å². The summed E-state index contributed by atoms with van der Waals surface area (Å²) in [5.41, 5.74) is 7.59. The van der Waals surface area contributed by atoms with Crippen LogP contribution in [-0.4, -0.2) is 22.6 Å². The second-order valence-electron chi connectivity index (χ2n) is 4.72. The average molecular weight is 306 g/mol. The molecule has 2 rings (SSSR count). The number of sulfonamides is 1. The molecule has 2 aromatic rings. The van der Waals surface area contributed by atoms with E-state index in [0.717, 1.165) is 5.56 Å². The van der Waals surface area contributed by atoms with Gasteiger partial charge in [0.05, 0.1) is 23.4 Å². The van der Waals surface area contributed by atoms with Crippen molar-refractivity contribution in [2.24, 2.45) is 0 Å². The Morgan fingerprint density at radius 1 is 1.14 bits per heavy atom. The van der Waals surface area contributed by atoms with Crippen LogP contribution >= 0.6 is 0 Å². The van der Waals surface area contributed by atoms with E-state index in [1.807, 2.05) is 13.0 Å². The summed E-state index contributed by atoms with van der Waals surface area (Å²) in [5.74, 6) is 0.514. The maximum atomic E-state index is 12.6. The number of hydrogen-bond donors (Lipinski definition) is 1. The molecule has 0 aliphatic heterocycles. The van der Waals surface area contributed by atoms with E-state index in [2.05, 4.69) is 0 Å². The fourth-order valence-corrected chi connectivity index (χ4v) is 3.28. The van der Waals surface area contributed by atoms with Crippen molar-refractivity contribution in [1.29, 1.82) is 0 Å². The van der Waals surface area contributed by atoms with Gasteiger partial charge in [0.2, 0.25) is 0 Å². The summed E-state index contributed by atoms with van der Waals surface area (Å²) >= 11 is 0. The number of anilines is 2. The first-order valence-electron chi connectivity index (χ1n) is 6.35. The molecule has 0 aromatic heterocycles. The standard InChI is InChI=1S/C15H18N2O3S/c1-11-5-4-6-13(9-11)21(18,19)17(2)12-7-8-15(20-3)14(16)10-12/h4-10H,16H2,1-3H3. The van der Waals surface area contributed by atoms with Crippen molar-refractivity contribution in [2.45, 2.75) is 11.8 Å². The van der Waals surface area contributed by atoms with Crippen LogP contribution in [0.2, 0.25) is 0 Å². The van der Waals surface area contributed by atoms with Crippen molar-refractivity contribution in [2.75, 3.05) is 24.2 Å². The summed E-state index contributed by atoms with van der Waals surface area (Å²) in [6, 6.07) is 11.7. The molecule has 0 aliphatic rings. The highest BCUT2D eigenvalue weighted by molar-refractivity contribution is 7.92. The zero-order chi connectivity index (χ0) is 15.6. The first-order chi connectivity index (χ1) is 9.86. The molecule has 0 radical (unpaired) electrons. The molecule has 0 aliphatic carbocycles. The maximum absolute atomic E-state index is 12.6. The minimum absolute atomic E-state index is 0.249. The number of nitrogens with two attached hydrogens (primary N) is 1. The van der Waals surface area contributed by atoms with E-state index in [0.29, 0.717) is 17.1 Å². The van der Waals surface area contributed by atoms with E-state index >= 15 is 0 Å². The minimum Gasteiger partial charge on any atom is -0.495 e. The summed E-state index contributed by atoms with van der Waals surface area (Å²) in [5, 5.41) is 0. The van der Waals surface area contributed by atoms with E-state index in [4.69, 9.17) is 10.5 Å². The van der Waals surface area contributed by atoms with Crippen molar-refractivity contribution in [1.82, 2.24) is 0 Å². The highest BCUT2D eigenvalue weighted by atomic mass is 32.2. The molecule has 2 aromatic carbocycles. The SMILES string of the molecule is COc1ccc(N(C)S(=O)(=O)c2cccc(C)c2)cc1N. The van der Waals surface area contributed by atoms with Gasteiger partial charge in [0.25, 0.3) is 10.0 Å². The molecular weight excluding hydrogens is 288 g/mol. The Morgan fingerprint density at radius 3 is 2.43 bits per heavy atom. The third kappa shape index (κ3) is 2.95. The molecule has 0 atom stereocenters. The van der Waals surface area contributed by atoms with Crippen LogP contribution in [0.5, 0.6) is 5.75 Å². The Kier molecular flexibility index (Phi) is 4.09. The zero-order valence-electron chi connectivity index (χ0n) is 12.2. The molecule has 0 saturated heterocycles. The van der Waals surface area contributed by atoms with Crippen molar-refractivity contribution < 1.29 is 13.2 Å². The molecule has 0 heterocycles. The highest BCUT2D eigenvalue weighted by Crippen LogP contribution is 2.29. The lowest BCUT2D eigenvalue weighted by molar-refractivity contribution is 0.417. The normalized spacial score (nSPS) is 11.2. The van der Waals surface area contributed by atoms with Crippen LogP contribution in [0.3, 0.4) is 0 Å². The number of benzene rings is 2. The molecule has 5 nitrogen and oxygen atoms in total. The number of aryl methyl sites for hydroxylation is 1.